The second-order valence-corrected chi connectivity index (χ2v) is 4.75. The van der Waals surface area contributed by atoms with Crippen molar-refractivity contribution in [1.29, 1.82) is 0 Å². The Morgan fingerprint density at radius 2 is 2.24 bits per heavy atom. The SMILES string of the molecule is CCN1CCC(c2ncc(CC(C)=O)o2)CC1. The molecule has 0 amide bonds. The molecule has 1 aliphatic rings. The van der Waals surface area contributed by atoms with Gasteiger partial charge in [-0.25, -0.2) is 4.98 Å². The smallest absolute Gasteiger partial charge is 0.197 e. The number of aromatic nitrogens is 1. The van der Waals surface area contributed by atoms with Crippen LogP contribution in [0.15, 0.2) is 10.6 Å². The van der Waals surface area contributed by atoms with Crippen LogP contribution in [0.5, 0.6) is 0 Å². The molecule has 0 aromatic carbocycles. The average Bonchev–Trinajstić information content (AvgIpc) is 2.77. The van der Waals surface area contributed by atoms with Gasteiger partial charge in [0.05, 0.1) is 12.6 Å². The van der Waals surface area contributed by atoms with Crippen LogP contribution in [0.4, 0.5) is 0 Å². The van der Waals surface area contributed by atoms with Gasteiger partial charge in [-0.1, -0.05) is 6.92 Å². The number of rotatable bonds is 4. The lowest BCUT2D eigenvalue weighted by molar-refractivity contribution is -0.116. The normalized spacial score (nSPS) is 18.5. The van der Waals surface area contributed by atoms with E-state index in [2.05, 4.69) is 16.8 Å². The Morgan fingerprint density at radius 3 is 2.82 bits per heavy atom. The molecule has 0 aliphatic carbocycles. The van der Waals surface area contributed by atoms with Gasteiger partial charge in [0.2, 0.25) is 0 Å². The van der Waals surface area contributed by atoms with Crippen LogP contribution in [-0.2, 0) is 11.2 Å². The van der Waals surface area contributed by atoms with Gasteiger partial charge in [0.1, 0.15) is 11.5 Å². The van der Waals surface area contributed by atoms with E-state index in [-0.39, 0.29) is 5.78 Å². The predicted octanol–water partition coefficient (Wildman–Crippen LogP) is 2.01. The van der Waals surface area contributed by atoms with Crippen LogP contribution < -0.4 is 0 Å². The summed E-state index contributed by atoms with van der Waals surface area (Å²) < 4.78 is 5.65. The average molecular weight is 236 g/mol. The molecule has 0 radical (unpaired) electrons. The summed E-state index contributed by atoms with van der Waals surface area (Å²) >= 11 is 0. The van der Waals surface area contributed by atoms with Crippen LogP contribution in [0, 0.1) is 0 Å². The maximum atomic E-state index is 11.0. The topological polar surface area (TPSA) is 46.3 Å². The van der Waals surface area contributed by atoms with Gasteiger partial charge in [-0.2, -0.15) is 0 Å². The summed E-state index contributed by atoms with van der Waals surface area (Å²) in [6, 6.07) is 0. The molecule has 17 heavy (non-hydrogen) atoms. The van der Waals surface area contributed by atoms with Crippen molar-refractivity contribution < 1.29 is 9.21 Å². The lowest BCUT2D eigenvalue weighted by Gasteiger charge is -2.29. The predicted molar refractivity (Wildman–Crippen MR) is 65.0 cm³/mol. The molecule has 94 valence electrons. The monoisotopic (exact) mass is 236 g/mol. The fourth-order valence-electron chi connectivity index (χ4n) is 2.33. The fraction of sp³-hybridized carbons (Fsp3) is 0.692. The molecule has 0 N–H and O–H groups in total. The van der Waals surface area contributed by atoms with Crippen molar-refractivity contribution in [2.45, 2.75) is 39.0 Å². The summed E-state index contributed by atoms with van der Waals surface area (Å²) in [5.74, 6) is 2.06. The van der Waals surface area contributed by atoms with Crippen molar-refractivity contribution in [3.05, 3.63) is 17.8 Å². The molecule has 0 spiro atoms. The summed E-state index contributed by atoms with van der Waals surface area (Å²) in [7, 11) is 0. The molecule has 1 fully saturated rings. The van der Waals surface area contributed by atoms with Crippen LogP contribution in [0.1, 0.15) is 44.3 Å². The molecule has 1 saturated heterocycles. The Morgan fingerprint density at radius 1 is 1.53 bits per heavy atom. The Kier molecular flexibility index (Phi) is 3.94. The molecule has 1 aromatic heterocycles. The Hall–Kier alpha value is -1.16. The minimum Gasteiger partial charge on any atom is -0.445 e. The number of Topliss-reactive ketones (excluding diaryl/α,β-unsaturated/α-hetero) is 1. The van der Waals surface area contributed by atoms with E-state index in [1.165, 1.54) is 0 Å². The van der Waals surface area contributed by atoms with Gasteiger partial charge in [-0.3, -0.25) is 4.79 Å². The van der Waals surface area contributed by atoms with Crippen molar-refractivity contribution in [3.63, 3.8) is 0 Å². The zero-order chi connectivity index (χ0) is 12.3. The zero-order valence-electron chi connectivity index (χ0n) is 10.6. The second kappa shape index (κ2) is 5.45. The number of nitrogens with zero attached hydrogens (tertiary/aromatic N) is 2. The van der Waals surface area contributed by atoms with E-state index < -0.39 is 0 Å². The molecule has 4 heteroatoms. The minimum atomic E-state index is 0.119. The number of likely N-dealkylation sites (tertiary alicyclic amines) is 1. The van der Waals surface area contributed by atoms with Crippen molar-refractivity contribution in [1.82, 2.24) is 9.88 Å². The number of hydrogen-bond acceptors (Lipinski definition) is 4. The first-order chi connectivity index (χ1) is 8.19. The highest BCUT2D eigenvalue weighted by molar-refractivity contribution is 5.77. The number of carbonyl (C=O) groups excluding carboxylic acids is 1. The van der Waals surface area contributed by atoms with Crippen molar-refractivity contribution >= 4 is 5.78 Å². The van der Waals surface area contributed by atoms with E-state index in [4.69, 9.17) is 4.42 Å². The second-order valence-electron chi connectivity index (χ2n) is 4.75. The Labute approximate surface area is 102 Å². The zero-order valence-corrected chi connectivity index (χ0v) is 10.6. The quantitative estimate of drug-likeness (QED) is 0.802. The lowest BCUT2D eigenvalue weighted by atomic mass is 9.97. The first kappa shape index (κ1) is 12.3. The first-order valence-electron chi connectivity index (χ1n) is 6.35. The third kappa shape index (κ3) is 3.16. The van der Waals surface area contributed by atoms with Gasteiger partial charge in [-0.15, -0.1) is 0 Å². The van der Waals surface area contributed by atoms with Gasteiger partial charge in [-0.05, 0) is 39.4 Å². The highest BCUT2D eigenvalue weighted by Gasteiger charge is 2.23. The van der Waals surface area contributed by atoms with Crippen LogP contribution in [-0.4, -0.2) is 35.3 Å². The summed E-state index contributed by atoms with van der Waals surface area (Å²) in [6.45, 7) is 7.11. The van der Waals surface area contributed by atoms with Crippen LogP contribution in [0.2, 0.25) is 0 Å². The molecule has 2 heterocycles. The third-order valence-electron chi connectivity index (χ3n) is 3.38. The van der Waals surface area contributed by atoms with E-state index >= 15 is 0 Å². The molecule has 1 aromatic rings. The molecular formula is C13H20N2O2. The third-order valence-corrected chi connectivity index (χ3v) is 3.38. The Bertz CT molecular complexity index is 379. The van der Waals surface area contributed by atoms with Crippen molar-refractivity contribution in [3.8, 4) is 0 Å². The molecule has 0 saturated carbocycles. The van der Waals surface area contributed by atoms with Gasteiger partial charge in [0.25, 0.3) is 0 Å². The summed E-state index contributed by atoms with van der Waals surface area (Å²) in [4.78, 5) is 17.7. The maximum absolute atomic E-state index is 11.0. The first-order valence-corrected chi connectivity index (χ1v) is 6.35. The molecule has 2 rings (SSSR count). The number of ketones is 1. The van der Waals surface area contributed by atoms with Crippen LogP contribution in [0.3, 0.4) is 0 Å². The van der Waals surface area contributed by atoms with E-state index in [0.29, 0.717) is 18.1 Å². The summed E-state index contributed by atoms with van der Waals surface area (Å²) in [5, 5.41) is 0. The van der Waals surface area contributed by atoms with E-state index in [1.807, 2.05) is 0 Å². The molecule has 1 aliphatic heterocycles. The minimum absolute atomic E-state index is 0.119. The van der Waals surface area contributed by atoms with Crippen LogP contribution in [0.25, 0.3) is 0 Å². The number of oxazole rings is 1. The van der Waals surface area contributed by atoms with Crippen molar-refractivity contribution in [2.24, 2.45) is 0 Å². The molecule has 0 bridgehead atoms. The van der Waals surface area contributed by atoms with Crippen LogP contribution >= 0.6 is 0 Å². The molecule has 0 unspecified atom stereocenters. The van der Waals surface area contributed by atoms with Gasteiger partial charge in [0.15, 0.2) is 5.89 Å². The van der Waals surface area contributed by atoms with Gasteiger partial charge >= 0.3 is 0 Å². The summed E-state index contributed by atoms with van der Waals surface area (Å²) in [6.07, 6.45) is 4.27. The van der Waals surface area contributed by atoms with E-state index in [1.54, 1.807) is 13.1 Å². The number of piperidine rings is 1. The number of carbonyl (C=O) groups is 1. The molecule has 4 nitrogen and oxygen atoms in total. The highest BCUT2D eigenvalue weighted by atomic mass is 16.4. The van der Waals surface area contributed by atoms with E-state index in [9.17, 15) is 4.79 Å². The molecular weight excluding hydrogens is 216 g/mol. The highest BCUT2D eigenvalue weighted by Crippen LogP contribution is 2.27. The number of hydrogen-bond donors (Lipinski definition) is 0. The van der Waals surface area contributed by atoms with Crippen molar-refractivity contribution in [2.75, 3.05) is 19.6 Å². The standard InChI is InChI=1S/C13H20N2O2/c1-3-15-6-4-11(5-7-15)13-14-9-12(17-13)8-10(2)16/h9,11H,3-8H2,1-2H3. The Balaban J connectivity index is 1.94. The lowest BCUT2D eigenvalue weighted by Crippen LogP contribution is -2.32. The van der Waals surface area contributed by atoms with E-state index in [0.717, 1.165) is 38.4 Å². The molecule has 0 atom stereocenters. The van der Waals surface area contributed by atoms with Gasteiger partial charge < -0.3 is 9.32 Å². The maximum Gasteiger partial charge on any atom is 0.197 e. The van der Waals surface area contributed by atoms with Gasteiger partial charge in [0, 0.05) is 5.92 Å². The summed E-state index contributed by atoms with van der Waals surface area (Å²) in [5.41, 5.74) is 0. The fourth-order valence-corrected chi connectivity index (χ4v) is 2.33. The largest absolute Gasteiger partial charge is 0.445 e.